The van der Waals surface area contributed by atoms with E-state index in [1.54, 1.807) is 35.2 Å². The molecule has 2 heterocycles. The number of hydrogen-bond donors (Lipinski definition) is 1. The lowest BCUT2D eigenvalue weighted by Gasteiger charge is -2.38. The molecule has 0 radical (unpaired) electrons. The Balaban J connectivity index is 1.32. The molecule has 0 bridgehead atoms. The van der Waals surface area contributed by atoms with Crippen LogP contribution in [0.2, 0.25) is 5.02 Å². The van der Waals surface area contributed by atoms with Gasteiger partial charge < -0.3 is 19.7 Å². The van der Waals surface area contributed by atoms with Gasteiger partial charge >= 0.3 is 0 Å². The van der Waals surface area contributed by atoms with Crippen molar-refractivity contribution < 1.29 is 27.5 Å². The van der Waals surface area contributed by atoms with Crippen LogP contribution < -0.4 is 19.7 Å². The first kappa shape index (κ1) is 28.9. The first-order chi connectivity index (χ1) is 19.8. The predicted molar refractivity (Wildman–Crippen MR) is 156 cm³/mol. The van der Waals surface area contributed by atoms with E-state index in [4.69, 9.17) is 21.1 Å². The van der Waals surface area contributed by atoms with E-state index in [-0.39, 0.29) is 34.8 Å². The molecule has 0 aromatic heterocycles. The van der Waals surface area contributed by atoms with Crippen molar-refractivity contribution in [2.24, 2.45) is 5.92 Å². The minimum absolute atomic E-state index is 0.0220. The van der Waals surface area contributed by atoms with Crippen LogP contribution in [-0.4, -0.2) is 56.9 Å². The number of rotatable bonds is 8. The van der Waals surface area contributed by atoms with Gasteiger partial charge in [0.1, 0.15) is 11.5 Å². The summed E-state index contributed by atoms with van der Waals surface area (Å²) < 4.78 is 39.8. The van der Waals surface area contributed by atoms with Crippen LogP contribution in [0.1, 0.15) is 25.3 Å². The maximum absolute atomic E-state index is 13.9. The lowest BCUT2D eigenvalue weighted by Crippen LogP contribution is -2.53. The Labute approximate surface area is 245 Å². The van der Waals surface area contributed by atoms with E-state index >= 15 is 0 Å². The first-order valence-corrected chi connectivity index (χ1v) is 15.4. The van der Waals surface area contributed by atoms with Crippen molar-refractivity contribution in [3.63, 3.8) is 0 Å². The van der Waals surface area contributed by atoms with Crippen LogP contribution in [-0.2, 0) is 26.2 Å². The Morgan fingerprint density at radius 2 is 1.80 bits per heavy atom. The molecule has 9 nitrogen and oxygen atoms in total. The number of halogens is 1. The molecule has 11 heteroatoms. The number of nitrogens with one attached hydrogen (secondary N) is 1. The van der Waals surface area contributed by atoms with Crippen molar-refractivity contribution in [2.75, 3.05) is 31.1 Å². The van der Waals surface area contributed by atoms with Crippen LogP contribution in [0, 0.1) is 5.92 Å². The number of benzene rings is 3. The average molecular weight is 598 g/mol. The van der Waals surface area contributed by atoms with Gasteiger partial charge in [0.2, 0.25) is 15.9 Å². The van der Waals surface area contributed by atoms with Crippen LogP contribution in [0.15, 0.2) is 77.7 Å². The number of para-hydroxylation sites is 2. The summed E-state index contributed by atoms with van der Waals surface area (Å²) in [6.45, 7) is 2.89. The Hall–Kier alpha value is -3.60. The van der Waals surface area contributed by atoms with Gasteiger partial charge in [0.05, 0.1) is 34.7 Å². The molecule has 2 aliphatic rings. The molecule has 2 aliphatic heterocycles. The smallest absolute Gasteiger partial charge is 0.263 e. The lowest BCUT2D eigenvalue weighted by atomic mass is 9.97. The molecule has 1 saturated heterocycles. The van der Waals surface area contributed by atoms with E-state index < -0.39 is 22.0 Å². The summed E-state index contributed by atoms with van der Waals surface area (Å²) in [6.07, 6.45) is 0.138. The zero-order valence-corrected chi connectivity index (χ0v) is 24.2. The van der Waals surface area contributed by atoms with Crippen molar-refractivity contribution in [1.82, 2.24) is 9.62 Å². The zero-order chi connectivity index (χ0) is 29.0. The number of sulfonamides is 1. The Kier molecular flexibility index (Phi) is 8.82. The topological polar surface area (TPSA) is 105 Å². The Morgan fingerprint density at radius 3 is 2.56 bits per heavy atom. The highest BCUT2D eigenvalue weighted by Gasteiger charge is 2.40. The van der Waals surface area contributed by atoms with Gasteiger partial charge in [0, 0.05) is 19.6 Å². The minimum Gasteiger partial charge on any atom is -0.492 e. The van der Waals surface area contributed by atoms with Gasteiger partial charge in [0.15, 0.2) is 6.10 Å². The SMILES string of the molecule is CCOc1ccc(S(=O)(=O)N2CCC[C@H](C(=O)N3C[C@H](C(=O)NCc4ccccc4)Oc4ccccc43)C2)cc1Cl. The van der Waals surface area contributed by atoms with Crippen LogP contribution in [0.5, 0.6) is 11.5 Å². The van der Waals surface area contributed by atoms with Gasteiger partial charge in [-0.2, -0.15) is 4.31 Å². The molecule has 2 atom stereocenters. The summed E-state index contributed by atoms with van der Waals surface area (Å²) in [6, 6.07) is 21.0. The standard InChI is InChI=1S/C30H32ClN3O6S/c1-2-39-26-15-14-23(17-24(26)31)41(37,38)33-16-8-11-22(19-33)30(36)34-20-28(40-27-13-7-6-12-25(27)34)29(35)32-18-21-9-4-3-5-10-21/h3-7,9-10,12-15,17,22,28H,2,8,11,16,18-20H2,1H3,(H,32,35)/t22-,28+/m0/s1. The van der Waals surface area contributed by atoms with Crippen molar-refractivity contribution in [2.45, 2.75) is 37.3 Å². The number of anilines is 1. The molecule has 1 fully saturated rings. The lowest BCUT2D eigenvalue weighted by molar-refractivity contribution is -0.129. The minimum atomic E-state index is -3.90. The number of piperidine rings is 1. The summed E-state index contributed by atoms with van der Waals surface area (Å²) >= 11 is 6.26. The molecule has 216 valence electrons. The zero-order valence-electron chi connectivity index (χ0n) is 22.7. The van der Waals surface area contributed by atoms with Crippen LogP contribution in [0.3, 0.4) is 0 Å². The van der Waals surface area contributed by atoms with Crippen molar-refractivity contribution in [1.29, 1.82) is 0 Å². The number of nitrogens with zero attached hydrogens (tertiary/aromatic N) is 2. The van der Waals surface area contributed by atoms with Gasteiger partial charge in [-0.15, -0.1) is 0 Å². The van der Waals surface area contributed by atoms with Crippen LogP contribution in [0.25, 0.3) is 0 Å². The van der Waals surface area contributed by atoms with E-state index in [0.29, 0.717) is 49.7 Å². The highest BCUT2D eigenvalue weighted by atomic mass is 35.5. The number of ether oxygens (including phenoxy) is 2. The third-order valence-corrected chi connectivity index (χ3v) is 9.37. The second kappa shape index (κ2) is 12.5. The van der Waals surface area contributed by atoms with Crippen LogP contribution in [0.4, 0.5) is 5.69 Å². The molecule has 0 spiro atoms. The normalized spacial score (nSPS) is 19.1. The van der Waals surface area contributed by atoms with Crippen LogP contribution >= 0.6 is 11.6 Å². The fourth-order valence-electron chi connectivity index (χ4n) is 5.12. The molecule has 3 aromatic carbocycles. The van der Waals surface area contributed by atoms with Gasteiger partial charge in [0.25, 0.3) is 5.91 Å². The Morgan fingerprint density at radius 1 is 1.05 bits per heavy atom. The maximum Gasteiger partial charge on any atom is 0.263 e. The van der Waals surface area contributed by atoms with E-state index in [1.807, 2.05) is 37.3 Å². The predicted octanol–water partition coefficient (Wildman–Crippen LogP) is 4.25. The second-order valence-corrected chi connectivity index (χ2v) is 12.3. The van der Waals surface area contributed by atoms with Gasteiger partial charge in [-0.1, -0.05) is 54.1 Å². The summed E-state index contributed by atoms with van der Waals surface area (Å²) in [5.41, 5.74) is 1.50. The molecule has 0 unspecified atom stereocenters. The highest BCUT2D eigenvalue weighted by Crippen LogP contribution is 2.36. The third-order valence-electron chi connectivity index (χ3n) is 7.22. The summed E-state index contributed by atoms with van der Waals surface area (Å²) in [4.78, 5) is 28.6. The molecule has 0 aliphatic carbocycles. The number of hydrogen-bond acceptors (Lipinski definition) is 6. The molecule has 5 rings (SSSR count). The van der Waals surface area contributed by atoms with Gasteiger partial charge in [-0.05, 0) is 55.7 Å². The second-order valence-electron chi connectivity index (χ2n) is 9.95. The average Bonchev–Trinajstić information content (AvgIpc) is 3.00. The quantitative estimate of drug-likeness (QED) is 0.416. The molecule has 2 amide bonds. The van der Waals surface area contributed by atoms with Gasteiger partial charge in [-0.3, -0.25) is 9.59 Å². The molecule has 41 heavy (non-hydrogen) atoms. The Bertz CT molecular complexity index is 1520. The van der Waals surface area contributed by atoms with Crippen molar-refractivity contribution in [3.8, 4) is 11.5 Å². The van der Waals surface area contributed by atoms with Gasteiger partial charge in [-0.25, -0.2) is 8.42 Å². The molecular formula is C30H32ClN3O6S. The van der Waals surface area contributed by atoms with Crippen molar-refractivity contribution in [3.05, 3.63) is 83.4 Å². The fourth-order valence-corrected chi connectivity index (χ4v) is 6.98. The van der Waals surface area contributed by atoms with E-state index in [1.165, 1.54) is 16.4 Å². The maximum atomic E-state index is 13.9. The van der Waals surface area contributed by atoms with E-state index in [2.05, 4.69) is 5.32 Å². The molecule has 3 aromatic rings. The summed E-state index contributed by atoms with van der Waals surface area (Å²) in [5.74, 6) is -0.326. The monoisotopic (exact) mass is 597 g/mol. The van der Waals surface area contributed by atoms with Crippen molar-refractivity contribution >= 4 is 39.1 Å². The largest absolute Gasteiger partial charge is 0.492 e. The number of carbonyl (C=O) groups is 2. The molecule has 1 N–H and O–H groups in total. The fraction of sp³-hybridized carbons (Fsp3) is 0.333. The number of fused-ring (bicyclic) bond motifs is 1. The van der Waals surface area contributed by atoms with E-state index in [0.717, 1.165) is 5.56 Å². The number of amides is 2. The highest BCUT2D eigenvalue weighted by molar-refractivity contribution is 7.89. The third kappa shape index (κ3) is 6.34. The molecule has 0 saturated carbocycles. The first-order valence-electron chi connectivity index (χ1n) is 13.6. The van der Waals surface area contributed by atoms with E-state index in [9.17, 15) is 18.0 Å². The summed E-state index contributed by atoms with van der Waals surface area (Å²) in [5, 5.41) is 3.10. The molecular weight excluding hydrogens is 566 g/mol. The number of carbonyl (C=O) groups excluding carboxylic acids is 2. The summed E-state index contributed by atoms with van der Waals surface area (Å²) in [7, 11) is -3.90.